The maximum atomic E-state index is 12.6. The van der Waals surface area contributed by atoms with Crippen LogP contribution in [0.5, 0.6) is 5.75 Å². The van der Waals surface area contributed by atoms with E-state index in [1.807, 2.05) is 31.2 Å². The average Bonchev–Trinajstić information content (AvgIpc) is 3.10. The largest absolute Gasteiger partial charge is 0.492 e. The third-order valence-corrected chi connectivity index (χ3v) is 6.11. The molecule has 1 saturated heterocycles. The van der Waals surface area contributed by atoms with E-state index in [9.17, 15) is 4.79 Å². The Labute approximate surface area is 178 Å². The molecule has 1 fully saturated rings. The van der Waals surface area contributed by atoms with Gasteiger partial charge in [0.1, 0.15) is 12.4 Å². The third kappa shape index (κ3) is 5.05. The quantitative estimate of drug-likeness (QED) is 0.633. The number of nitrogens with one attached hydrogen (secondary N) is 1. The Balaban J connectivity index is 1.37. The van der Waals surface area contributed by atoms with Gasteiger partial charge in [0.2, 0.25) is 0 Å². The van der Waals surface area contributed by atoms with E-state index in [1.165, 1.54) is 11.3 Å². The first kappa shape index (κ1) is 20.1. The van der Waals surface area contributed by atoms with E-state index in [0.29, 0.717) is 28.1 Å². The highest BCUT2D eigenvalue weighted by Gasteiger charge is 2.13. The Bertz CT molecular complexity index is 979. The molecule has 4 rings (SSSR count). The molecule has 1 N–H and O–H groups in total. The highest BCUT2D eigenvalue weighted by molar-refractivity contribution is 7.22. The second-order valence-corrected chi connectivity index (χ2v) is 8.31. The van der Waals surface area contributed by atoms with Crippen LogP contribution >= 0.6 is 22.9 Å². The van der Waals surface area contributed by atoms with Gasteiger partial charge in [-0.1, -0.05) is 29.0 Å². The molecule has 0 spiro atoms. The van der Waals surface area contributed by atoms with Crippen molar-refractivity contribution in [2.75, 3.05) is 44.8 Å². The van der Waals surface area contributed by atoms with Crippen LogP contribution in [-0.4, -0.2) is 55.2 Å². The van der Waals surface area contributed by atoms with Crippen LogP contribution in [0.1, 0.15) is 15.9 Å². The van der Waals surface area contributed by atoms with Gasteiger partial charge < -0.3 is 9.47 Å². The van der Waals surface area contributed by atoms with Crippen molar-refractivity contribution in [3.63, 3.8) is 0 Å². The van der Waals surface area contributed by atoms with Crippen LogP contribution in [0.4, 0.5) is 5.13 Å². The number of hydrogen-bond donors (Lipinski definition) is 1. The normalized spacial score (nSPS) is 14.8. The van der Waals surface area contributed by atoms with E-state index < -0.39 is 0 Å². The predicted octanol–water partition coefficient (Wildman–Crippen LogP) is 4.22. The number of morpholine rings is 1. The number of thiazole rings is 1. The van der Waals surface area contributed by atoms with E-state index in [4.69, 9.17) is 21.1 Å². The van der Waals surface area contributed by atoms with Crippen molar-refractivity contribution in [2.24, 2.45) is 0 Å². The molecule has 0 aliphatic carbocycles. The first-order chi connectivity index (χ1) is 14.1. The minimum Gasteiger partial charge on any atom is -0.492 e. The number of aromatic nitrogens is 1. The van der Waals surface area contributed by atoms with Crippen LogP contribution in [0.3, 0.4) is 0 Å². The molecular weight excluding hydrogens is 410 g/mol. The minimum atomic E-state index is -0.217. The van der Waals surface area contributed by atoms with Crippen LogP contribution < -0.4 is 10.1 Å². The minimum absolute atomic E-state index is 0.217. The van der Waals surface area contributed by atoms with E-state index >= 15 is 0 Å². The number of rotatable bonds is 6. The number of anilines is 1. The number of fused-ring (bicyclic) bond motifs is 1. The fraction of sp³-hybridized carbons (Fsp3) is 0.333. The molecule has 1 aliphatic heterocycles. The summed E-state index contributed by atoms with van der Waals surface area (Å²) in [7, 11) is 0. The van der Waals surface area contributed by atoms with Crippen molar-refractivity contribution in [3.8, 4) is 5.75 Å². The summed E-state index contributed by atoms with van der Waals surface area (Å²) in [5.74, 6) is 0.461. The number of hydrogen-bond acceptors (Lipinski definition) is 6. The fourth-order valence-corrected chi connectivity index (χ4v) is 4.22. The standard InChI is InChI=1S/C21H22ClN3O3S/c1-14-11-19-18(13-17(14)22)23-21(29-19)24-20(26)15-3-2-4-16(12-15)28-10-7-25-5-8-27-9-6-25/h2-4,11-13H,5-10H2,1H3,(H,23,24,26). The number of aryl methyl sites for hydroxylation is 1. The first-order valence-corrected chi connectivity index (χ1v) is 10.7. The zero-order chi connectivity index (χ0) is 20.2. The molecule has 0 bridgehead atoms. The Kier molecular flexibility index (Phi) is 6.30. The predicted molar refractivity (Wildman–Crippen MR) is 117 cm³/mol. The average molecular weight is 432 g/mol. The number of benzene rings is 2. The maximum Gasteiger partial charge on any atom is 0.257 e. The number of nitrogens with zero attached hydrogens (tertiary/aromatic N) is 2. The lowest BCUT2D eigenvalue weighted by molar-refractivity contribution is 0.0322. The number of carbonyl (C=O) groups excluding carboxylic acids is 1. The second-order valence-electron chi connectivity index (χ2n) is 6.87. The molecule has 1 aromatic heterocycles. The van der Waals surface area contributed by atoms with Gasteiger partial charge >= 0.3 is 0 Å². The summed E-state index contributed by atoms with van der Waals surface area (Å²) >= 11 is 7.59. The molecule has 152 valence electrons. The molecule has 2 aromatic carbocycles. The van der Waals surface area contributed by atoms with E-state index in [0.717, 1.165) is 48.6 Å². The molecule has 1 aliphatic rings. The smallest absolute Gasteiger partial charge is 0.257 e. The lowest BCUT2D eigenvalue weighted by Crippen LogP contribution is -2.38. The highest BCUT2D eigenvalue weighted by atomic mass is 35.5. The SMILES string of the molecule is Cc1cc2sc(NC(=O)c3cccc(OCCN4CCOCC4)c3)nc2cc1Cl. The summed E-state index contributed by atoms with van der Waals surface area (Å²) in [6.07, 6.45) is 0. The lowest BCUT2D eigenvalue weighted by Gasteiger charge is -2.26. The number of ether oxygens (including phenoxy) is 2. The summed E-state index contributed by atoms with van der Waals surface area (Å²) in [4.78, 5) is 19.4. The number of halogens is 1. The van der Waals surface area contributed by atoms with Gasteiger partial charge in [0, 0.05) is 30.2 Å². The van der Waals surface area contributed by atoms with E-state index in [-0.39, 0.29) is 5.91 Å². The van der Waals surface area contributed by atoms with E-state index in [2.05, 4.69) is 15.2 Å². The van der Waals surface area contributed by atoms with Crippen molar-refractivity contribution in [2.45, 2.75) is 6.92 Å². The van der Waals surface area contributed by atoms with Gasteiger partial charge in [-0.25, -0.2) is 4.98 Å². The van der Waals surface area contributed by atoms with Gasteiger partial charge in [-0.05, 0) is 42.8 Å². The van der Waals surface area contributed by atoms with Crippen LogP contribution in [0, 0.1) is 6.92 Å². The molecule has 2 heterocycles. The first-order valence-electron chi connectivity index (χ1n) is 9.49. The summed E-state index contributed by atoms with van der Waals surface area (Å²) in [5, 5.41) is 4.08. The summed E-state index contributed by atoms with van der Waals surface area (Å²) in [6.45, 7) is 6.76. The Morgan fingerprint density at radius 3 is 2.97 bits per heavy atom. The molecule has 6 nitrogen and oxygen atoms in total. The molecule has 3 aromatic rings. The maximum absolute atomic E-state index is 12.6. The molecule has 8 heteroatoms. The molecule has 0 radical (unpaired) electrons. The molecule has 0 atom stereocenters. The zero-order valence-electron chi connectivity index (χ0n) is 16.1. The van der Waals surface area contributed by atoms with Crippen molar-refractivity contribution in [1.29, 1.82) is 0 Å². The van der Waals surface area contributed by atoms with Gasteiger partial charge in [-0.2, -0.15) is 0 Å². The topological polar surface area (TPSA) is 63.7 Å². The van der Waals surface area contributed by atoms with Crippen LogP contribution in [0.2, 0.25) is 5.02 Å². The molecule has 0 saturated carbocycles. The van der Waals surface area contributed by atoms with Gasteiger partial charge in [0.15, 0.2) is 5.13 Å². The Morgan fingerprint density at radius 2 is 2.14 bits per heavy atom. The summed E-state index contributed by atoms with van der Waals surface area (Å²) in [5.41, 5.74) is 2.30. The molecular formula is C21H22ClN3O3S. The van der Waals surface area contributed by atoms with Crippen molar-refractivity contribution in [1.82, 2.24) is 9.88 Å². The number of carbonyl (C=O) groups is 1. The zero-order valence-corrected chi connectivity index (χ0v) is 17.7. The monoisotopic (exact) mass is 431 g/mol. The van der Waals surface area contributed by atoms with Crippen LogP contribution in [0.25, 0.3) is 10.2 Å². The van der Waals surface area contributed by atoms with Gasteiger partial charge in [0.25, 0.3) is 5.91 Å². The highest BCUT2D eigenvalue weighted by Crippen LogP contribution is 2.30. The molecule has 29 heavy (non-hydrogen) atoms. The van der Waals surface area contributed by atoms with Crippen molar-refractivity contribution >= 4 is 44.2 Å². The third-order valence-electron chi connectivity index (χ3n) is 4.77. The lowest BCUT2D eigenvalue weighted by atomic mass is 10.2. The van der Waals surface area contributed by atoms with Gasteiger partial charge in [-0.3, -0.25) is 15.0 Å². The Hall–Kier alpha value is -2.19. The van der Waals surface area contributed by atoms with Gasteiger partial charge in [-0.15, -0.1) is 0 Å². The van der Waals surface area contributed by atoms with Crippen LogP contribution in [0.15, 0.2) is 36.4 Å². The van der Waals surface area contributed by atoms with Crippen molar-refractivity contribution in [3.05, 3.63) is 52.5 Å². The fourth-order valence-electron chi connectivity index (χ4n) is 3.12. The number of amides is 1. The summed E-state index contributed by atoms with van der Waals surface area (Å²) in [6, 6.07) is 11.0. The van der Waals surface area contributed by atoms with Gasteiger partial charge in [0.05, 0.1) is 23.4 Å². The van der Waals surface area contributed by atoms with E-state index in [1.54, 1.807) is 12.1 Å². The Morgan fingerprint density at radius 1 is 1.31 bits per heavy atom. The molecule has 1 amide bonds. The second kappa shape index (κ2) is 9.09. The van der Waals surface area contributed by atoms with Crippen LogP contribution in [-0.2, 0) is 4.74 Å². The summed E-state index contributed by atoms with van der Waals surface area (Å²) < 4.78 is 12.2. The molecule has 0 unspecified atom stereocenters. The van der Waals surface area contributed by atoms with Crippen molar-refractivity contribution < 1.29 is 14.3 Å².